The Labute approximate surface area is 94.4 Å². The summed E-state index contributed by atoms with van der Waals surface area (Å²) in [5, 5.41) is 0. The van der Waals surface area contributed by atoms with Crippen LogP contribution in [0.2, 0.25) is 0 Å². The molecule has 1 heterocycles. The van der Waals surface area contributed by atoms with Crippen LogP contribution in [0.5, 0.6) is 5.75 Å². The summed E-state index contributed by atoms with van der Waals surface area (Å²) in [4.78, 5) is 23.5. The second-order valence-electron chi connectivity index (χ2n) is 4.23. The molecule has 0 spiro atoms. The first kappa shape index (κ1) is 10.9. The fourth-order valence-corrected chi connectivity index (χ4v) is 2.15. The fraction of sp³-hybridized carbons (Fsp3) is 0.385. The van der Waals surface area contributed by atoms with Gasteiger partial charge in [-0.25, -0.2) is 0 Å². The monoisotopic (exact) mass is 218 g/mol. The minimum Gasteiger partial charge on any atom is -0.488 e. The van der Waals surface area contributed by atoms with Crippen LogP contribution in [0.4, 0.5) is 0 Å². The maximum atomic E-state index is 12.1. The van der Waals surface area contributed by atoms with Crippen molar-refractivity contribution in [2.45, 2.75) is 26.9 Å². The summed E-state index contributed by atoms with van der Waals surface area (Å²) in [7, 11) is 0. The van der Waals surface area contributed by atoms with E-state index in [1.54, 1.807) is 13.0 Å². The van der Waals surface area contributed by atoms with Crippen LogP contribution in [0.3, 0.4) is 0 Å². The van der Waals surface area contributed by atoms with E-state index in [4.69, 9.17) is 4.74 Å². The van der Waals surface area contributed by atoms with Crippen LogP contribution >= 0.6 is 0 Å². The molecule has 0 aromatic heterocycles. The Morgan fingerprint density at radius 1 is 1.38 bits per heavy atom. The van der Waals surface area contributed by atoms with Gasteiger partial charge in [-0.1, -0.05) is 12.1 Å². The molecule has 3 nitrogen and oxygen atoms in total. The van der Waals surface area contributed by atoms with Gasteiger partial charge in [-0.15, -0.1) is 0 Å². The number of hydrogen-bond donors (Lipinski definition) is 0. The highest BCUT2D eigenvalue weighted by atomic mass is 16.5. The van der Waals surface area contributed by atoms with Crippen molar-refractivity contribution in [3.8, 4) is 5.75 Å². The number of Topliss-reactive ketones (excluding diaryl/α,β-unsaturated/α-hetero) is 2. The first-order valence-electron chi connectivity index (χ1n) is 5.33. The topological polar surface area (TPSA) is 43.4 Å². The normalized spacial score (nSPS) is 23.6. The van der Waals surface area contributed by atoms with Crippen LogP contribution in [0, 0.1) is 12.8 Å². The highest BCUT2D eigenvalue weighted by Gasteiger charge is 2.38. The summed E-state index contributed by atoms with van der Waals surface area (Å²) in [6.07, 6.45) is -0.376. The largest absolute Gasteiger partial charge is 0.488 e. The maximum absolute atomic E-state index is 12.1. The smallest absolute Gasteiger partial charge is 0.180 e. The zero-order valence-electron chi connectivity index (χ0n) is 9.61. The van der Waals surface area contributed by atoms with Gasteiger partial charge in [0.15, 0.2) is 5.78 Å². The van der Waals surface area contributed by atoms with E-state index in [9.17, 15) is 9.59 Å². The Morgan fingerprint density at radius 3 is 2.69 bits per heavy atom. The Hall–Kier alpha value is -1.64. The third-order valence-electron chi connectivity index (χ3n) is 2.97. The van der Waals surface area contributed by atoms with Gasteiger partial charge in [-0.3, -0.25) is 9.59 Å². The summed E-state index contributed by atoms with van der Waals surface area (Å²) in [5.41, 5.74) is 1.46. The van der Waals surface area contributed by atoms with Gasteiger partial charge in [0.25, 0.3) is 0 Å². The quantitative estimate of drug-likeness (QED) is 0.678. The van der Waals surface area contributed by atoms with Crippen molar-refractivity contribution in [1.82, 2.24) is 0 Å². The summed E-state index contributed by atoms with van der Waals surface area (Å²) >= 11 is 0. The number of hydrogen-bond acceptors (Lipinski definition) is 3. The summed E-state index contributed by atoms with van der Waals surface area (Å²) < 4.78 is 5.67. The lowest BCUT2D eigenvalue weighted by Gasteiger charge is -2.29. The Bertz CT molecular complexity index is 462. The fourth-order valence-electron chi connectivity index (χ4n) is 2.15. The zero-order chi connectivity index (χ0) is 11.9. The number of benzene rings is 1. The number of ketones is 2. The molecule has 0 saturated heterocycles. The molecule has 1 aromatic carbocycles. The van der Waals surface area contributed by atoms with Crippen molar-refractivity contribution >= 4 is 11.6 Å². The molecule has 16 heavy (non-hydrogen) atoms. The molecular formula is C13H14O3. The number of fused-ring (bicyclic) bond motifs is 1. The average Bonchev–Trinajstić information content (AvgIpc) is 2.19. The number of para-hydroxylation sites is 1. The lowest BCUT2D eigenvalue weighted by atomic mass is 9.86. The van der Waals surface area contributed by atoms with E-state index in [1.165, 1.54) is 6.92 Å². The second kappa shape index (κ2) is 3.74. The molecular weight excluding hydrogens is 204 g/mol. The molecule has 2 atom stereocenters. The van der Waals surface area contributed by atoms with Crippen molar-refractivity contribution in [2.24, 2.45) is 5.92 Å². The lowest BCUT2D eigenvalue weighted by Crippen LogP contribution is -2.40. The molecule has 0 aliphatic carbocycles. The third-order valence-corrected chi connectivity index (χ3v) is 2.97. The van der Waals surface area contributed by atoms with Crippen molar-refractivity contribution in [3.05, 3.63) is 29.3 Å². The molecule has 2 unspecified atom stereocenters. The number of aryl methyl sites for hydroxylation is 1. The predicted octanol–water partition coefficient (Wildman–Crippen LogP) is 2.16. The Morgan fingerprint density at radius 2 is 2.06 bits per heavy atom. The van der Waals surface area contributed by atoms with E-state index >= 15 is 0 Å². The zero-order valence-corrected chi connectivity index (χ0v) is 9.61. The van der Waals surface area contributed by atoms with Crippen molar-refractivity contribution < 1.29 is 14.3 Å². The molecule has 0 amide bonds. The van der Waals surface area contributed by atoms with Crippen molar-refractivity contribution in [2.75, 3.05) is 0 Å². The SMILES string of the molecule is CC(=O)C1C(=O)c2cccc(C)c2OC1C. The molecule has 1 aliphatic rings. The molecule has 1 aromatic rings. The van der Waals surface area contributed by atoms with Crippen molar-refractivity contribution in [3.63, 3.8) is 0 Å². The van der Waals surface area contributed by atoms with Crippen LogP contribution in [0.15, 0.2) is 18.2 Å². The van der Waals surface area contributed by atoms with E-state index in [-0.39, 0.29) is 17.7 Å². The Balaban J connectivity index is 2.53. The first-order valence-corrected chi connectivity index (χ1v) is 5.33. The van der Waals surface area contributed by atoms with Crippen LogP contribution in [-0.4, -0.2) is 17.7 Å². The number of rotatable bonds is 1. The van der Waals surface area contributed by atoms with Gasteiger partial charge in [-0.2, -0.15) is 0 Å². The molecule has 2 rings (SSSR count). The van der Waals surface area contributed by atoms with Gasteiger partial charge in [0.1, 0.15) is 23.6 Å². The summed E-state index contributed by atoms with van der Waals surface area (Å²) in [5.74, 6) is -0.290. The lowest BCUT2D eigenvalue weighted by molar-refractivity contribution is -0.121. The average molecular weight is 218 g/mol. The molecule has 0 bridgehead atoms. The maximum Gasteiger partial charge on any atom is 0.180 e. The van der Waals surface area contributed by atoms with E-state index in [2.05, 4.69) is 0 Å². The predicted molar refractivity (Wildman–Crippen MR) is 59.8 cm³/mol. The molecule has 0 fully saturated rings. The minimum atomic E-state index is -0.658. The van der Waals surface area contributed by atoms with E-state index in [0.717, 1.165) is 5.56 Å². The third kappa shape index (κ3) is 1.52. The highest BCUT2D eigenvalue weighted by Crippen LogP contribution is 2.33. The summed E-state index contributed by atoms with van der Waals surface area (Å²) in [6.45, 7) is 5.09. The Kier molecular flexibility index (Phi) is 2.54. The van der Waals surface area contributed by atoms with Gasteiger partial charge >= 0.3 is 0 Å². The van der Waals surface area contributed by atoms with Gasteiger partial charge in [-0.05, 0) is 32.4 Å². The van der Waals surface area contributed by atoms with Crippen LogP contribution in [0.1, 0.15) is 29.8 Å². The molecule has 1 aliphatic heterocycles. The van der Waals surface area contributed by atoms with E-state index < -0.39 is 5.92 Å². The van der Waals surface area contributed by atoms with Crippen LogP contribution in [0.25, 0.3) is 0 Å². The molecule has 0 radical (unpaired) electrons. The molecule has 0 N–H and O–H groups in total. The summed E-state index contributed by atoms with van der Waals surface area (Å²) in [6, 6.07) is 5.42. The molecule has 3 heteroatoms. The molecule has 0 saturated carbocycles. The van der Waals surface area contributed by atoms with Gasteiger partial charge < -0.3 is 4.74 Å². The number of carbonyl (C=O) groups is 2. The first-order chi connectivity index (χ1) is 7.52. The van der Waals surface area contributed by atoms with Crippen LogP contribution in [-0.2, 0) is 4.79 Å². The minimum absolute atomic E-state index is 0.120. The second-order valence-corrected chi connectivity index (χ2v) is 4.23. The number of ether oxygens (including phenoxy) is 1. The van der Waals surface area contributed by atoms with E-state index in [1.807, 2.05) is 19.1 Å². The molecule has 84 valence electrons. The van der Waals surface area contributed by atoms with Crippen molar-refractivity contribution in [1.29, 1.82) is 0 Å². The standard InChI is InChI=1S/C13H14O3/c1-7-5-4-6-10-12(15)11(8(2)14)9(3)16-13(7)10/h4-6,9,11H,1-3H3. The van der Waals surface area contributed by atoms with Gasteiger partial charge in [0.05, 0.1) is 5.56 Å². The van der Waals surface area contributed by atoms with E-state index in [0.29, 0.717) is 11.3 Å². The van der Waals surface area contributed by atoms with Gasteiger partial charge in [0.2, 0.25) is 0 Å². The van der Waals surface area contributed by atoms with Crippen LogP contribution < -0.4 is 4.74 Å². The highest BCUT2D eigenvalue weighted by molar-refractivity contribution is 6.12. The number of carbonyl (C=O) groups excluding carboxylic acids is 2. The van der Waals surface area contributed by atoms with Gasteiger partial charge in [0, 0.05) is 0 Å².